The molecule has 6 aromatic rings. The number of halogens is 4. The highest BCUT2D eigenvalue weighted by Crippen LogP contribution is 2.40. The topological polar surface area (TPSA) is 98.7 Å². The molecule has 4 aliphatic rings. The molecule has 4 heterocycles. The summed E-state index contributed by atoms with van der Waals surface area (Å²) in [4.78, 5) is 56.0. The molecule has 2 unspecified atom stereocenters. The molecule has 0 saturated carbocycles. The summed E-state index contributed by atoms with van der Waals surface area (Å²) in [5.74, 6) is -2.64. The summed E-state index contributed by atoms with van der Waals surface area (Å²) in [6.45, 7) is 5.85. The van der Waals surface area contributed by atoms with Crippen molar-refractivity contribution < 1.29 is 27.2 Å². The fourth-order valence-electron chi connectivity index (χ4n) is 9.62. The zero-order valence-corrected chi connectivity index (χ0v) is 36.3. The Morgan fingerprint density at radius 1 is 0.462 bits per heavy atom. The van der Waals surface area contributed by atoms with Crippen LogP contribution in [0.5, 0.6) is 0 Å². The number of aryl methyl sites for hydroxylation is 1. The molecule has 0 N–H and O–H groups in total. The second kappa shape index (κ2) is 17.5. The van der Waals surface area contributed by atoms with Crippen LogP contribution in [0, 0.1) is 35.1 Å². The number of amides is 2. The first-order valence-corrected chi connectivity index (χ1v) is 22.3. The third-order valence-electron chi connectivity index (χ3n) is 13.5. The number of aromatic nitrogens is 4. The molecule has 0 radical (unpaired) electrons. The van der Waals surface area contributed by atoms with Gasteiger partial charge in [0, 0.05) is 117 Å². The van der Waals surface area contributed by atoms with E-state index in [1.165, 1.54) is 42.5 Å². The van der Waals surface area contributed by atoms with Crippen LogP contribution in [0.2, 0.25) is 0 Å². The van der Waals surface area contributed by atoms with Gasteiger partial charge in [0.1, 0.15) is 23.3 Å². The van der Waals surface area contributed by atoms with Crippen molar-refractivity contribution in [1.29, 1.82) is 0 Å². The number of nitrogens with zero attached hydrogens (tertiary/aromatic N) is 8. The molecule has 332 valence electrons. The van der Waals surface area contributed by atoms with Crippen molar-refractivity contribution in [2.45, 2.75) is 32.1 Å². The van der Waals surface area contributed by atoms with Crippen molar-refractivity contribution in [2.24, 2.45) is 11.8 Å². The smallest absolute Gasteiger partial charge is 0.226 e. The second-order valence-electron chi connectivity index (χ2n) is 17.8. The quantitative estimate of drug-likeness (QED) is 0.152. The first kappa shape index (κ1) is 42.6. The summed E-state index contributed by atoms with van der Waals surface area (Å²) in [5, 5.41) is 0. The van der Waals surface area contributed by atoms with Crippen molar-refractivity contribution in [1.82, 2.24) is 39.5 Å². The lowest BCUT2D eigenvalue weighted by Gasteiger charge is -2.35. The fraction of sp³-hybridized carbons (Fsp3) is 0.333. The molecule has 2 aromatic heterocycles. The van der Waals surface area contributed by atoms with E-state index in [9.17, 15) is 18.4 Å². The molecule has 14 heteroatoms. The highest BCUT2D eigenvalue weighted by molar-refractivity contribution is 5.86. The molecule has 10 rings (SSSR count). The van der Waals surface area contributed by atoms with Gasteiger partial charge in [-0.05, 0) is 112 Å². The zero-order chi connectivity index (χ0) is 44.9. The van der Waals surface area contributed by atoms with E-state index < -0.39 is 23.3 Å². The van der Waals surface area contributed by atoms with Crippen LogP contribution in [0.3, 0.4) is 0 Å². The van der Waals surface area contributed by atoms with E-state index in [2.05, 4.69) is 9.80 Å². The Morgan fingerprint density at radius 2 is 0.815 bits per heavy atom. The number of piperazine rings is 2. The van der Waals surface area contributed by atoms with Gasteiger partial charge in [-0.15, -0.1) is 0 Å². The molecule has 0 bridgehead atoms. The van der Waals surface area contributed by atoms with Crippen molar-refractivity contribution in [3.63, 3.8) is 0 Å². The van der Waals surface area contributed by atoms with Crippen LogP contribution in [0.25, 0.3) is 56.2 Å². The maximum Gasteiger partial charge on any atom is 0.226 e. The van der Waals surface area contributed by atoms with Crippen LogP contribution in [0.4, 0.5) is 17.6 Å². The van der Waals surface area contributed by atoms with Crippen LogP contribution in [0.1, 0.15) is 29.2 Å². The lowest BCUT2D eigenvalue weighted by atomic mass is 9.87. The molecule has 65 heavy (non-hydrogen) atoms. The summed E-state index contributed by atoms with van der Waals surface area (Å²) < 4.78 is 60.9. The first-order chi connectivity index (χ1) is 31.4. The fourth-order valence-corrected chi connectivity index (χ4v) is 9.62. The number of rotatable bonds is 7. The molecular weight excluding hydrogens is 833 g/mol. The van der Waals surface area contributed by atoms with Gasteiger partial charge in [0.05, 0.1) is 45.6 Å². The van der Waals surface area contributed by atoms with Crippen molar-refractivity contribution in [3.8, 4) is 56.2 Å². The van der Waals surface area contributed by atoms with Crippen molar-refractivity contribution in [2.75, 3.05) is 66.5 Å². The summed E-state index contributed by atoms with van der Waals surface area (Å²) >= 11 is 0. The van der Waals surface area contributed by atoms with Gasteiger partial charge in [0.2, 0.25) is 11.8 Å². The Hall–Kier alpha value is -6.38. The lowest BCUT2D eigenvalue weighted by Crippen LogP contribution is -2.49. The number of hydrogen-bond acceptors (Lipinski definition) is 8. The number of carbonyl (C=O) groups excluding carboxylic acids is 2. The second-order valence-corrected chi connectivity index (χ2v) is 17.8. The predicted octanol–water partition coefficient (Wildman–Crippen LogP) is 7.53. The molecule has 0 spiro atoms. The molecular formula is C51H48F4N8O2. The molecule has 2 fully saturated rings. The predicted molar refractivity (Wildman–Crippen MR) is 239 cm³/mol. The van der Waals surface area contributed by atoms with Crippen molar-refractivity contribution >= 4 is 11.8 Å². The van der Waals surface area contributed by atoms with Crippen molar-refractivity contribution in [3.05, 3.63) is 131 Å². The SMILES string of the molecule is CN1CCN(C(=O)C2CCc3nc(-c4ccc(F)cc4)c(-c4ccc(F)c(-c5cc(-c6nc7c(nc6-c6ccc(F)cc6)CC(C(=O)N6CCN(C)CC6)C7)ccc5F)c4)nc3C2)CC1. The molecule has 4 aromatic carbocycles. The molecule has 2 amide bonds. The molecule has 2 saturated heterocycles. The zero-order valence-electron chi connectivity index (χ0n) is 36.3. The van der Waals surface area contributed by atoms with Gasteiger partial charge >= 0.3 is 0 Å². The molecule has 2 aliphatic heterocycles. The minimum atomic E-state index is -0.680. The average molecular weight is 881 g/mol. The molecule has 2 atom stereocenters. The maximum atomic E-state index is 16.2. The van der Waals surface area contributed by atoms with Gasteiger partial charge in [0.25, 0.3) is 0 Å². The Balaban J connectivity index is 1.03. The van der Waals surface area contributed by atoms with Gasteiger partial charge in [-0.3, -0.25) is 9.59 Å². The number of fused-ring (bicyclic) bond motifs is 2. The van der Waals surface area contributed by atoms with Crippen LogP contribution in [0.15, 0.2) is 84.9 Å². The molecule has 10 nitrogen and oxygen atoms in total. The van der Waals surface area contributed by atoms with Crippen LogP contribution < -0.4 is 0 Å². The summed E-state index contributed by atoms with van der Waals surface area (Å²) in [6, 6.07) is 20.5. The van der Waals surface area contributed by atoms with E-state index in [0.717, 1.165) is 31.9 Å². The third kappa shape index (κ3) is 8.52. The van der Waals surface area contributed by atoms with Gasteiger partial charge < -0.3 is 19.6 Å². The number of benzene rings is 4. The highest BCUT2D eigenvalue weighted by atomic mass is 19.1. The minimum absolute atomic E-state index is 0.0372. The van der Waals surface area contributed by atoms with E-state index in [1.807, 2.05) is 23.9 Å². The van der Waals surface area contributed by atoms with Gasteiger partial charge in [-0.1, -0.05) is 0 Å². The van der Waals surface area contributed by atoms with Gasteiger partial charge in [-0.25, -0.2) is 37.5 Å². The van der Waals surface area contributed by atoms with Crippen LogP contribution in [-0.2, 0) is 35.3 Å². The number of hydrogen-bond donors (Lipinski definition) is 0. The lowest BCUT2D eigenvalue weighted by molar-refractivity contribution is -0.138. The van der Waals surface area contributed by atoms with Crippen LogP contribution >= 0.6 is 0 Å². The average Bonchev–Trinajstić information content (AvgIpc) is 3.75. The number of carbonyl (C=O) groups is 2. The number of likely N-dealkylation sites (N-methyl/N-ethyl adjacent to an activating group) is 2. The van der Waals surface area contributed by atoms with E-state index >= 15 is 8.78 Å². The minimum Gasteiger partial charge on any atom is -0.340 e. The summed E-state index contributed by atoms with van der Waals surface area (Å²) in [5.41, 5.74) is 6.43. The van der Waals surface area contributed by atoms with Gasteiger partial charge in [-0.2, -0.15) is 0 Å². The van der Waals surface area contributed by atoms with E-state index in [0.29, 0.717) is 120 Å². The Kier molecular flexibility index (Phi) is 11.5. The van der Waals surface area contributed by atoms with E-state index in [4.69, 9.17) is 19.9 Å². The largest absolute Gasteiger partial charge is 0.340 e. The molecule has 2 aliphatic carbocycles. The Bertz CT molecular complexity index is 2810. The standard InChI is InChI=1S/C51H48F4N8O2/c1-60-17-21-62(22-18-60)50(64)34-9-16-42-43(27-34)57-48(46(56-42)30-3-10-36(52)11-4-30)32-7-14-40(54)38(25-32)39-26-33(8-15-41(39)55)49-47(31-5-12-37(53)13-6-31)58-44-28-35(29-45(44)59-49)51(65)63-23-19-61(2)20-24-63/h3-8,10-15,25-26,34-35H,9,16-24,27-29H2,1-2H3. The first-order valence-electron chi connectivity index (χ1n) is 22.3. The highest BCUT2D eigenvalue weighted by Gasteiger charge is 2.36. The third-order valence-corrected chi connectivity index (χ3v) is 13.5. The summed E-state index contributed by atoms with van der Waals surface area (Å²) in [6.07, 6.45) is 2.34. The normalized spacial score (nSPS) is 19.0. The Labute approximate surface area is 375 Å². The monoisotopic (exact) mass is 880 g/mol. The maximum absolute atomic E-state index is 16.2. The van der Waals surface area contributed by atoms with Crippen LogP contribution in [-0.4, -0.2) is 118 Å². The van der Waals surface area contributed by atoms with Gasteiger partial charge in [0.15, 0.2) is 0 Å². The van der Waals surface area contributed by atoms with E-state index in [1.54, 1.807) is 42.5 Å². The van der Waals surface area contributed by atoms with E-state index in [-0.39, 0.29) is 34.8 Å². The Morgan fingerprint density at radius 3 is 1.26 bits per heavy atom. The summed E-state index contributed by atoms with van der Waals surface area (Å²) in [7, 11) is 4.08.